The van der Waals surface area contributed by atoms with Crippen molar-refractivity contribution in [3.63, 3.8) is 0 Å². The second-order valence-corrected chi connectivity index (χ2v) is 5.84. The summed E-state index contributed by atoms with van der Waals surface area (Å²) in [4.78, 5) is 11.0. The Labute approximate surface area is 117 Å². The molecule has 0 saturated heterocycles. The first-order valence-corrected chi connectivity index (χ1v) is 7.06. The fourth-order valence-corrected chi connectivity index (χ4v) is 3.23. The molecule has 2 nitrogen and oxygen atoms in total. The molecule has 1 aliphatic rings. The molecule has 0 heterocycles. The fourth-order valence-electron chi connectivity index (χ4n) is 2.66. The molecule has 18 heavy (non-hydrogen) atoms. The van der Waals surface area contributed by atoms with Crippen molar-refractivity contribution < 1.29 is 9.90 Å². The Hall–Kier alpha value is -0.730. The summed E-state index contributed by atoms with van der Waals surface area (Å²) in [6.45, 7) is 0. The Morgan fingerprint density at radius 1 is 1.33 bits per heavy atom. The molecule has 0 amide bonds. The molecule has 1 N–H and O–H groups in total. The van der Waals surface area contributed by atoms with Crippen molar-refractivity contribution in [3.8, 4) is 0 Å². The van der Waals surface area contributed by atoms with Crippen LogP contribution in [0.2, 0.25) is 0 Å². The molecule has 0 bridgehead atoms. The highest BCUT2D eigenvalue weighted by atomic mass is 35.5. The van der Waals surface area contributed by atoms with Crippen LogP contribution in [0, 0.1) is 0 Å². The largest absolute Gasteiger partial charge is 0.480 e. The van der Waals surface area contributed by atoms with Gasteiger partial charge in [0.05, 0.1) is 0 Å². The maximum Gasteiger partial charge on any atom is 0.326 e. The fraction of sp³-hybridized carbons (Fsp3) is 0.500. The van der Waals surface area contributed by atoms with E-state index in [1.54, 1.807) is 6.07 Å². The number of carboxylic acids is 1. The Morgan fingerprint density at radius 2 is 2.06 bits per heavy atom. The van der Waals surface area contributed by atoms with E-state index in [0.29, 0.717) is 11.5 Å². The van der Waals surface area contributed by atoms with Crippen LogP contribution in [0.15, 0.2) is 24.3 Å². The average Bonchev–Trinajstić information content (AvgIpc) is 2.38. The Balaban J connectivity index is 2.29. The lowest BCUT2D eigenvalue weighted by Gasteiger charge is -2.28. The number of aliphatic carboxylic acids is 1. The zero-order chi connectivity index (χ0) is 13.1. The molecule has 3 unspecified atom stereocenters. The minimum absolute atomic E-state index is 0.190. The molecule has 0 spiro atoms. The third-order valence-corrected chi connectivity index (χ3v) is 4.35. The smallest absolute Gasteiger partial charge is 0.326 e. The number of carboxylic acid groups (broad SMARTS) is 1. The van der Waals surface area contributed by atoms with Gasteiger partial charge in [-0.3, -0.25) is 4.79 Å². The summed E-state index contributed by atoms with van der Waals surface area (Å²) in [6.07, 6.45) is 4.10. The quantitative estimate of drug-likeness (QED) is 0.841. The van der Waals surface area contributed by atoms with Crippen molar-refractivity contribution in [1.29, 1.82) is 0 Å². The zero-order valence-electron chi connectivity index (χ0n) is 9.98. The van der Waals surface area contributed by atoms with Gasteiger partial charge in [-0.25, -0.2) is 0 Å². The zero-order valence-corrected chi connectivity index (χ0v) is 11.5. The topological polar surface area (TPSA) is 37.3 Å². The van der Waals surface area contributed by atoms with E-state index < -0.39 is 11.3 Å². The SMILES string of the molecule is O=C(O)C(Cl)c1ccccc1C1CCCC(Cl)C1. The summed E-state index contributed by atoms with van der Waals surface area (Å²) in [5.41, 5.74) is 1.76. The highest BCUT2D eigenvalue weighted by Crippen LogP contribution is 2.39. The van der Waals surface area contributed by atoms with Crippen LogP contribution in [0.5, 0.6) is 0 Å². The normalized spacial score (nSPS) is 25.7. The number of benzene rings is 1. The Kier molecular flexibility index (Phi) is 4.52. The van der Waals surface area contributed by atoms with Gasteiger partial charge >= 0.3 is 5.97 Å². The summed E-state index contributed by atoms with van der Waals surface area (Å²) in [5, 5.41) is 8.27. The van der Waals surface area contributed by atoms with E-state index in [4.69, 9.17) is 28.3 Å². The summed E-state index contributed by atoms with van der Waals surface area (Å²) in [5.74, 6) is -0.666. The van der Waals surface area contributed by atoms with Crippen molar-refractivity contribution in [2.45, 2.75) is 42.4 Å². The van der Waals surface area contributed by atoms with Crippen molar-refractivity contribution in [3.05, 3.63) is 35.4 Å². The monoisotopic (exact) mass is 286 g/mol. The minimum atomic E-state index is -0.998. The van der Waals surface area contributed by atoms with Crippen LogP contribution in [-0.4, -0.2) is 16.5 Å². The molecule has 1 aromatic carbocycles. The van der Waals surface area contributed by atoms with Crippen molar-refractivity contribution in [2.75, 3.05) is 0 Å². The lowest BCUT2D eigenvalue weighted by atomic mass is 9.81. The molecule has 98 valence electrons. The van der Waals surface area contributed by atoms with Gasteiger partial charge in [-0.05, 0) is 36.3 Å². The van der Waals surface area contributed by atoms with Gasteiger partial charge in [-0.1, -0.05) is 30.7 Å². The van der Waals surface area contributed by atoms with Crippen molar-refractivity contribution in [2.24, 2.45) is 0 Å². The molecule has 2 rings (SSSR count). The van der Waals surface area contributed by atoms with E-state index in [1.807, 2.05) is 18.2 Å². The summed E-state index contributed by atoms with van der Waals surface area (Å²) < 4.78 is 0. The summed E-state index contributed by atoms with van der Waals surface area (Å²) in [7, 11) is 0. The molecule has 1 aliphatic carbocycles. The molecule has 1 fully saturated rings. The van der Waals surface area contributed by atoms with Gasteiger partial charge < -0.3 is 5.11 Å². The predicted molar refractivity (Wildman–Crippen MR) is 73.5 cm³/mol. The lowest BCUT2D eigenvalue weighted by molar-refractivity contribution is -0.136. The molecule has 0 aliphatic heterocycles. The van der Waals surface area contributed by atoms with E-state index in [0.717, 1.165) is 31.2 Å². The number of rotatable bonds is 3. The Bertz CT molecular complexity index is 434. The number of carbonyl (C=O) groups is 1. The van der Waals surface area contributed by atoms with E-state index in [-0.39, 0.29) is 5.38 Å². The first-order valence-electron chi connectivity index (χ1n) is 6.19. The molecule has 1 saturated carbocycles. The third kappa shape index (κ3) is 2.99. The number of hydrogen-bond acceptors (Lipinski definition) is 1. The second kappa shape index (κ2) is 5.94. The summed E-state index contributed by atoms with van der Waals surface area (Å²) in [6, 6.07) is 7.55. The first kappa shape index (κ1) is 13.7. The average molecular weight is 287 g/mol. The van der Waals surface area contributed by atoms with E-state index in [1.165, 1.54) is 0 Å². The number of halogens is 2. The van der Waals surface area contributed by atoms with Crippen LogP contribution in [-0.2, 0) is 4.79 Å². The van der Waals surface area contributed by atoms with Crippen LogP contribution in [0.25, 0.3) is 0 Å². The number of alkyl halides is 2. The Morgan fingerprint density at radius 3 is 2.72 bits per heavy atom. The van der Waals surface area contributed by atoms with E-state index in [9.17, 15) is 4.79 Å². The van der Waals surface area contributed by atoms with Gasteiger partial charge in [0.2, 0.25) is 0 Å². The molecular formula is C14H16Cl2O2. The molecular weight excluding hydrogens is 271 g/mol. The van der Waals surface area contributed by atoms with E-state index >= 15 is 0 Å². The first-order chi connectivity index (χ1) is 8.59. The van der Waals surface area contributed by atoms with E-state index in [2.05, 4.69) is 0 Å². The van der Waals surface area contributed by atoms with Crippen molar-refractivity contribution in [1.82, 2.24) is 0 Å². The molecule has 4 heteroatoms. The van der Waals surface area contributed by atoms with Gasteiger partial charge in [-0.15, -0.1) is 23.2 Å². The molecule has 0 aromatic heterocycles. The highest BCUT2D eigenvalue weighted by Gasteiger charge is 2.27. The molecule has 1 aromatic rings. The predicted octanol–water partition coefficient (Wildman–Crippen LogP) is 4.32. The van der Waals surface area contributed by atoms with Crippen LogP contribution < -0.4 is 0 Å². The third-order valence-electron chi connectivity index (χ3n) is 3.54. The maximum absolute atomic E-state index is 11.0. The minimum Gasteiger partial charge on any atom is -0.480 e. The van der Waals surface area contributed by atoms with Crippen LogP contribution in [0.4, 0.5) is 0 Å². The molecule has 3 atom stereocenters. The van der Waals surface area contributed by atoms with Crippen LogP contribution >= 0.6 is 23.2 Å². The number of hydrogen-bond donors (Lipinski definition) is 1. The van der Waals surface area contributed by atoms with Gasteiger partial charge in [0.1, 0.15) is 0 Å². The van der Waals surface area contributed by atoms with Crippen molar-refractivity contribution >= 4 is 29.2 Å². The van der Waals surface area contributed by atoms with Gasteiger partial charge in [-0.2, -0.15) is 0 Å². The highest BCUT2D eigenvalue weighted by molar-refractivity contribution is 6.29. The lowest BCUT2D eigenvalue weighted by Crippen LogP contribution is -2.17. The summed E-state index contributed by atoms with van der Waals surface area (Å²) >= 11 is 12.2. The molecule has 0 radical (unpaired) electrons. The van der Waals surface area contributed by atoms with Gasteiger partial charge in [0.25, 0.3) is 0 Å². The van der Waals surface area contributed by atoms with Crippen LogP contribution in [0.3, 0.4) is 0 Å². The van der Waals surface area contributed by atoms with Gasteiger partial charge in [0.15, 0.2) is 5.38 Å². The maximum atomic E-state index is 11.0. The second-order valence-electron chi connectivity index (χ2n) is 4.79. The van der Waals surface area contributed by atoms with Gasteiger partial charge in [0, 0.05) is 5.38 Å². The standard InChI is InChI=1S/C14H16Cl2O2/c15-10-5-3-4-9(8-10)11-6-1-2-7-12(11)13(16)14(17)18/h1-2,6-7,9-10,13H,3-5,8H2,(H,17,18). The van der Waals surface area contributed by atoms with Crippen LogP contribution in [0.1, 0.15) is 48.1 Å².